The zero-order valence-corrected chi connectivity index (χ0v) is 11.9. The third-order valence-corrected chi connectivity index (χ3v) is 2.85. The average molecular weight is 265 g/mol. The van der Waals surface area contributed by atoms with Crippen LogP contribution < -0.4 is 10.5 Å². The van der Waals surface area contributed by atoms with Crippen molar-refractivity contribution in [1.82, 2.24) is 4.90 Å². The zero-order valence-electron chi connectivity index (χ0n) is 11.9. The number of nitrogens with zero attached hydrogens (tertiary/aromatic N) is 1. The number of hydrogen-bond acceptors (Lipinski definition) is 4. The maximum Gasteiger partial charge on any atom is 0.123 e. The van der Waals surface area contributed by atoms with Crippen molar-refractivity contribution in [1.29, 1.82) is 5.41 Å². The van der Waals surface area contributed by atoms with E-state index in [-0.39, 0.29) is 5.84 Å². The monoisotopic (exact) mass is 265 g/mol. The summed E-state index contributed by atoms with van der Waals surface area (Å²) in [7, 11) is 3.67. The summed E-state index contributed by atoms with van der Waals surface area (Å²) in [6, 6.07) is 5.55. The van der Waals surface area contributed by atoms with Crippen molar-refractivity contribution in [2.75, 3.05) is 33.9 Å². The van der Waals surface area contributed by atoms with Gasteiger partial charge in [-0.25, -0.2) is 0 Å². The van der Waals surface area contributed by atoms with Crippen LogP contribution in [0.4, 0.5) is 0 Å². The Labute approximate surface area is 114 Å². The fourth-order valence-electron chi connectivity index (χ4n) is 1.80. The molecule has 0 saturated carbocycles. The summed E-state index contributed by atoms with van der Waals surface area (Å²) in [5, 5.41) is 7.48. The third kappa shape index (κ3) is 4.89. The van der Waals surface area contributed by atoms with Crippen molar-refractivity contribution in [3.8, 4) is 5.75 Å². The predicted molar refractivity (Wildman–Crippen MR) is 76.8 cm³/mol. The van der Waals surface area contributed by atoms with E-state index in [2.05, 4.69) is 4.90 Å². The van der Waals surface area contributed by atoms with Crippen LogP contribution in [0.25, 0.3) is 0 Å². The SMILES string of the molecule is CCOCCN(C)Cc1cc(C(=N)N)ccc1OC. The molecule has 3 N–H and O–H groups in total. The predicted octanol–water partition coefficient (Wildman–Crippen LogP) is 1.45. The van der Waals surface area contributed by atoms with Gasteiger partial charge in [0.15, 0.2) is 0 Å². The molecule has 0 aliphatic heterocycles. The number of nitrogens with two attached hydrogens (primary N) is 1. The molecule has 0 bridgehead atoms. The van der Waals surface area contributed by atoms with Crippen LogP contribution in [0.15, 0.2) is 18.2 Å². The summed E-state index contributed by atoms with van der Waals surface area (Å²) in [5.41, 5.74) is 7.25. The van der Waals surface area contributed by atoms with Crippen molar-refractivity contribution in [3.63, 3.8) is 0 Å². The normalized spacial score (nSPS) is 10.7. The lowest BCUT2D eigenvalue weighted by Gasteiger charge is -2.18. The second kappa shape index (κ2) is 7.76. The first kappa shape index (κ1) is 15.5. The standard InChI is InChI=1S/C14H23N3O2/c1-4-19-8-7-17(2)10-12-9-11(14(15)16)5-6-13(12)18-3/h5-6,9H,4,7-8,10H2,1-3H3,(H3,15,16). The molecule has 0 amide bonds. The summed E-state index contributed by atoms with van der Waals surface area (Å²) >= 11 is 0. The summed E-state index contributed by atoms with van der Waals surface area (Å²) in [4.78, 5) is 2.15. The molecule has 106 valence electrons. The number of nitrogens with one attached hydrogen (secondary N) is 1. The summed E-state index contributed by atoms with van der Waals surface area (Å²) in [5.74, 6) is 0.883. The molecule has 0 fully saturated rings. The molecule has 19 heavy (non-hydrogen) atoms. The van der Waals surface area contributed by atoms with Gasteiger partial charge >= 0.3 is 0 Å². The van der Waals surface area contributed by atoms with E-state index in [0.29, 0.717) is 12.2 Å². The Morgan fingerprint density at radius 2 is 2.16 bits per heavy atom. The van der Waals surface area contributed by atoms with Crippen LogP contribution in [0.2, 0.25) is 0 Å². The Morgan fingerprint density at radius 1 is 1.42 bits per heavy atom. The molecule has 0 radical (unpaired) electrons. The molecule has 0 spiro atoms. The maximum atomic E-state index is 7.48. The van der Waals surface area contributed by atoms with Gasteiger partial charge < -0.3 is 15.2 Å². The van der Waals surface area contributed by atoms with E-state index in [4.69, 9.17) is 20.6 Å². The highest BCUT2D eigenvalue weighted by Crippen LogP contribution is 2.21. The number of methoxy groups -OCH3 is 1. The molecule has 0 aromatic heterocycles. The molecule has 5 heteroatoms. The number of ether oxygens (including phenoxy) is 2. The second-order valence-corrected chi connectivity index (χ2v) is 4.38. The molecule has 0 heterocycles. The minimum Gasteiger partial charge on any atom is -0.496 e. The van der Waals surface area contributed by atoms with Gasteiger partial charge in [-0.2, -0.15) is 0 Å². The first-order valence-electron chi connectivity index (χ1n) is 6.36. The van der Waals surface area contributed by atoms with E-state index in [0.717, 1.165) is 31.0 Å². The van der Waals surface area contributed by atoms with E-state index in [9.17, 15) is 0 Å². The Morgan fingerprint density at radius 3 is 2.74 bits per heavy atom. The summed E-state index contributed by atoms with van der Waals surface area (Å²) < 4.78 is 10.7. The molecule has 0 aliphatic carbocycles. The molecule has 5 nitrogen and oxygen atoms in total. The van der Waals surface area contributed by atoms with Gasteiger partial charge in [0.2, 0.25) is 0 Å². The number of hydrogen-bond donors (Lipinski definition) is 2. The number of nitrogen functional groups attached to an aromatic ring is 1. The van der Waals surface area contributed by atoms with Gasteiger partial charge in [0, 0.05) is 30.8 Å². The first-order valence-corrected chi connectivity index (χ1v) is 6.36. The van der Waals surface area contributed by atoms with Crippen LogP contribution in [0, 0.1) is 5.41 Å². The lowest BCUT2D eigenvalue weighted by molar-refractivity contribution is 0.120. The average Bonchev–Trinajstić information content (AvgIpc) is 2.38. The highest BCUT2D eigenvalue weighted by Gasteiger charge is 2.08. The third-order valence-electron chi connectivity index (χ3n) is 2.85. The van der Waals surface area contributed by atoms with Crippen molar-refractivity contribution in [2.45, 2.75) is 13.5 Å². The van der Waals surface area contributed by atoms with Crippen molar-refractivity contribution < 1.29 is 9.47 Å². The molecule has 1 aromatic rings. The Hall–Kier alpha value is -1.59. The van der Waals surface area contributed by atoms with Crippen LogP contribution in [0.3, 0.4) is 0 Å². The van der Waals surface area contributed by atoms with Gasteiger partial charge in [-0.1, -0.05) is 0 Å². The van der Waals surface area contributed by atoms with Crippen LogP contribution in [0.1, 0.15) is 18.1 Å². The summed E-state index contributed by atoms with van der Waals surface area (Å²) in [6.07, 6.45) is 0. The molecular weight excluding hydrogens is 242 g/mol. The van der Waals surface area contributed by atoms with Crippen LogP contribution in [-0.2, 0) is 11.3 Å². The lowest BCUT2D eigenvalue weighted by Crippen LogP contribution is -2.23. The number of amidine groups is 1. The second-order valence-electron chi connectivity index (χ2n) is 4.38. The van der Waals surface area contributed by atoms with E-state index >= 15 is 0 Å². The number of benzene rings is 1. The maximum absolute atomic E-state index is 7.48. The number of rotatable bonds is 8. The molecule has 0 unspecified atom stereocenters. The highest BCUT2D eigenvalue weighted by atomic mass is 16.5. The van der Waals surface area contributed by atoms with Gasteiger partial charge in [0.05, 0.1) is 13.7 Å². The molecule has 1 aromatic carbocycles. The minimum atomic E-state index is 0.0703. The molecule has 0 aliphatic rings. The lowest BCUT2D eigenvalue weighted by atomic mass is 10.1. The molecule has 1 rings (SSSR count). The van der Waals surface area contributed by atoms with Crippen molar-refractivity contribution in [3.05, 3.63) is 29.3 Å². The van der Waals surface area contributed by atoms with Crippen LogP contribution in [0.5, 0.6) is 5.75 Å². The van der Waals surface area contributed by atoms with E-state index in [1.165, 1.54) is 0 Å². The van der Waals surface area contributed by atoms with E-state index in [1.807, 2.05) is 26.1 Å². The van der Waals surface area contributed by atoms with Crippen LogP contribution in [-0.4, -0.2) is 44.7 Å². The van der Waals surface area contributed by atoms with Gasteiger partial charge in [0.1, 0.15) is 11.6 Å². The highest BCUT2D eigenvalue weighted by molar-refractivity contribution is 5.95. The van der Waals surface area contributed by atoms with Crippen LogP contribution >= 0.6 is 0 Å². The van der Waals surface area contributed by atoms with Gasteiger partial charge in [0.25, 0.3) is 0 Å². The van der Waals surface area contributed by atoms with Crippen molar-refractivity contribution >= 4 is 5.84 Å². The smallest absolute Gasteiger partial charge is 0.123 e. The Bertz CT molecular complexity index is 421. The Balaban J connectivity index is 2.74. The Kier molecular flexibility index (Phi) is 6.32. The van der Waals surface area contributed by atoms with E-state index < -0.39 is 0 Å². The molecule has 0 atom stereocenters. The zero-order chi connectivity index (χ0) is 14.3. The summed E-state index contributed by atoms with van der Waals surface area (Å²) in [6.45, 7) is 5.01. The fourth-order valence-corrected chi connectivity index (χ4v) is 1.80. The minimum absolute atomic E-state index is 0.0703. The van der Waals surface area contributed by atoms with Crippen molar-refractivity contribution in [2.24, 2.45) is 5.73 Å². The molecular formula is C14H23N3O2. The van der Waals surface area contributed by atoms with E-state index in [1.54, 1.807) is 13.2 Å². The van der Waals surface area contributed by atoms with Gasteiger partial charge in [-0.05, 0) is 32.2 Å². The largest absolute Gasteiger partial charge is 0.496 e. The van der Waals surface area contributed by atoms with Gasteiger partial charge in [-0.15, -0.1) is 0 Å². The molecule has 0 saturated heterocycles. The van der Waals surface area contributed by atoms with Gasteiger partial charge in [-0.3, -0.25) is 10.3 Å². The fraction of sp³-hybridized carbons (Fsp3) is 0.500. The number of likely N-dealkylation sites (N-methyl/N-ethyl adjacent to an activating group) is 1. The first-order chi connectivity index (χ1) is 9.08. The quantitative estimate of drug-likeness (QED) is 0.424. The topological polar surface area (TPSA) is 71.6 Å².